The molecule has 0 unspecified atom stereocenters. The van der Waals surface area contributed by atoms with Gasteiger partial charge in [0.05, 0.1) is 10.6 Å². The van der Waals surface area contributed by atoms with Crippen molar-refractivity contribution in [1.29, 1.82) is 0 Å². The zero-order valence-corrected chi connectivity index (χ0v) is 12.1. The van der Waals surface area contributed by atoms with E-state index in [0.29, 0.717) is 29.4 Å². The summed E-state index contributed by atoms with van der Waals surface area (Å²) in [6.45, 7) is 2.26. The Morgan fingerprint density at radius 2 is 2.24 bits per heavy atom. The highest BCUT2D eigenvalue weighted by atomic mass is 32.1. The molecular formula is C13H14N4O3S. The molecule has 2 aromatic rings. The molecule has 0 bridgehead atoms. The molecule has 2 aromatic heterocycles. The lowest BCUT2D eigenvalue weighted by atomic mass is 10.1. The van der Waals surface area contributed by atoms with Gasteiger partial charge in [0.2, 0.25) is 0 Å². The summed E-state index contributed by atoms with van der Waals surface area (Å²) < 4.78 is 0. The number of nitrogens with one attached hydrogen (secondary N) is 1. The monoisotopic (exact) mass is 306 g/mol. The lowest BCUT2D eigenvalue weighted by Crippen LogP contribution is -2.18. The van der Waals surface area contributed by atoms with E-state index in [-0.39, 0.29) is 5.69 Å². The van der Waals surface area contributed by atoms with Crippen LogP contribution in [-0.4, -0.2) is 33.5 Å². The van der Waals surface area contributed by atoms with Crippen molar-refractivity contribution in [1.82, 2.24) is 9.97 Å². The first-order chi connectivity index (χ1) is 9.99. The number of nitrogens with zero attached hydrogens (tertiary/aromatic N) is 2. The van der Waals surface area contributed by atoms with E-state index >= 15 is 0 Å². The molecule has 0 aromatic carbocycles. The van der Waals surface area contributed by atoms with Crippen LogP contribution in [0.2, 0.25) is 0 Å². The summed E-state index contributed by atoms with van der Waals surface area (Å²) in [7, 11) is 0. The number of carbonyl (C=O) groups excluding carboxylic acids is 1. The molecule has 4 N–H and O–H groups in total. The van der Waals surface area contributed by atoms with E-state index in [1.165, 1.54) is 16.7 Å². The third-order valence-corrected chi connectivity index (χ3v) is 3.72. The topological polar surface area (TPSA) is 118 Å². The number of aromatic nitrogens is 2. The molecule has 0 spiro atoms. The number of rotatable bonds is 6. The highest BCUT2D eigenvalue weighted by Gasteiger charge is 2.13. The summed E-state index contributed by atoms with van der Waals surface area (Å²) in [6.07, 6.45) is 2.13. The summed E-state index contributed by atoms with van der Waals surface area (Å²) in [4.78, 5) is 30.2. The third kappa shape index (κ3) is 3.54. The molecule has 0 saturated heterocycles. The van der Waals surface area contributed by atoms with Gasteiger partial charge in [-0.15, -0.1) is 11.3 Å². The lowest BCUT2D eigenvalue weighted by molar-refractivity contribution is 0.0691. The molecule has 7 nitrogen and oxygen atoms in total. The Morgan fingerprint density at radius 1 is 1.48 bits per heavy atom. The molecule has 0 saturated carbocycles. The molecule has 0 aliphatic carbocycles. The van der Waals surface area contributed by atoms with Crippen LogP contribution in [-0.2, 0) is 6.42 Å². The van der Waals surface area contributed by atoms with Crippen molar-refractivity contribution in [3.8, 4) is 0 Å². The maximum Gasteiger partial charge on any atom is 0.355 e. The summed E-state index contributed by atoms with van der Waals surface area (Å²) in [6, 6.07) is 1.71. The van der Waals surface area contributed by atoms with Crippen molar-refractivity contribution >= 4 is 29.0 Å². The second-order valence-corrected chi connectivity index (χ2v) is 5.27. The summed E-state index contributed by atoms with van der Waals surface area (Å²) >= 11 is 1.28. The number of aryl methyl sites for hydroxylation is 1. The van der Waals surface area contributed by atoms with Gasteiger partial charge in [-0.3, -0.25) is 4.79 Å². The summed E-state index contributed by atoms with van der Waals surface area (Å²) in [5.41, 5.74) is 6.50. The van der Waals surface area contributed by atoms with Crippen molar-refractivity contribution in [2.75, 3.05) is 11.9 Å². The van der Waals surface area contributed by atoms with E-state index in [9.17, 15) is 9.59 Å². The number of aromatic carboxylic acids is 1. The Bertz CT molecular complexity index is 684. The molecule has 0 atom stereocenters. The molecule has 2 rings (SSSR count). The number of primary amides is 1. The number of carboxylic acids is 1. The first-order valence-electron chi connectivity index (χ1n) is 6.16. The zero-order chi connectivity index (χ0) is 15.4. The third-order valence-electron chi connectivity index (χ3n) is 2.81. The van der Waals surface area contributed by atoms with Gasteiger partial charge in [0.1, 0.15) is 5.82 Å². The van der Waals surface area contributed by atoms with E-state index in [1.54, 1.807) is 19.2 Å². The van der Waals surface area contributed by atoms with Crippen LogP contribution in [0.1, 0.15) is 31.4 Å². The lowest BCUT2D eigenvalue weighted by Gasteiger charge is -2.10. The Hall–Kier alpha value is -2.48. The average Bonchev–Trinajstić information content (AvgIpc) is 2.87. The van der Waals surface area contributed by atoms with Crippen LogP contribution in [0.3, 0.4) is 0 Å². The Balaban J connectivity index is 2.02. The van der Waals surface area contributed by atoms with Crippen LogP contribution in [0.15, 0.2) is 17.6 Å². The fourth-order valence-corrected chi connectivity index (χ4v) is 2.59. The highest BCUT2D eigenvalue weighted by Crippen LogP contribution is 2.16. The number of thiazole rings is 1. The van der Waals surface area contributed by atoms with E-state index in [4.69, 9.17) is 10.8 Å². The van der Waals surface area contributed by atoms with Crippen molar-refractivity contribution in [3.63, 3.8) is 0 Å². The normalized spacial score (nSPS) is 10.3. The predicted molar refractivity (Wildman–Crippen MR) is 78.8 cm³/mol. The van der Waals surface area contributed by atoms with Crippen LogP contribution in [0.25, 0.3) is 0 Å². The molecule has 110 valence electrons. The fourth-order valence-electron chi connectivity index (χ4n) is 1.82. The number of carboxylic acid groups (broad SMARTS) is 1. The van der Waals surface area contributed by atoms with E-state index in [2.05, 4.69) is 15.3 Å². The fraction of sp³-hybridized carbons (Fsp3) is 0.231. The van der Waals surface area contributed by atoms with E-state index in [0.717, 1.165) is 5.56 Å². The van der Waals surface area contributed by atoms with Crippen molar-refractivity contribution in [2.24, 2.45) is 5.73 Å². The predicted octanol–water partition coefficient (Wildman–Crippen LogP) is 1.30. The first kappa shape index (κ1) is 14.9. The Kier molecular flexibility index (Phi) is 4.49. The molecular weight excluding hydrogens is 292 g/mol. The smallest absolute Gasteiger partial charge is 0.355 e. The molecule has 2 heterocycles. The van der Waals surface area contributed by atoms with Crippen molar-refractivity contribution in [2.45, 2.75) is 13.3 Å². The van der Waals surface area contributed by atoms with Crippen molar-refractivity contribution in [3.05, 3.63) is 39.5 Å². The first-order valence-corrected chi connectivity index (χ1v) is 7.04. The minimum atomic E-state index is -1.04. The number of hydrogen-bond donors (Lipinski definition) is 3. The maximum absolute atomic E-state index is 11.4. The second kappa shape index (κ2) is 6.31. The standard InChI is InChI=1S/C13H14N4O3S/c1-7-2-4-15-12(10(7)11(14)18)16-5-3-9-17-8(6-21-9)13(19)20/h2,4,6H,3,5H2,1H3,(H2,14,18)(H,15,16)(H,19,20). The Labute approximate surface area is 124 Å². The number of nitrogens with two attached hydrogens (primary N) is 1. The number of pyridine rings is 1. The van der Waals surface area contributed by atoms with Gasteiger partial charge in [0.25, 0.3) is 5.91 Å². The number of anilines is 1. The molecule has 0 aliphatic heterocycles. The highest BCUT2D eigenvalue weighted by molar-refractivity contribution is 7.09. The molecule has 0 radical (unpaired) electrons. The summed E-state index contributed by atoms with van der Waals surface area (Å²) in [5, 5.41) is 14.0. The van der Waals surface area contributed by atoms with E-state index in [1.807, 2.05) is 0 Å². The Morgan fingerprint density at radius 3 is 2.86 bits per heavy atom. The minimum Gasteiger partial charge on any atom is -0.476 e. The van der Waals surface area contributed by atoms with Gasteiger partial charge in [0, 0.05) is 24.5 Å². The molecule has 21 heavy (non-hydrogen) atoms. The van der Waals surface area contributed by atoms with Gasteiger partial charge in [0.15, 0.2) is 5.69 Å². The second-order valence-electron chi connectivity index (χ2n) is 4.32. The van der Waals surface area contributed by atoms with Gasteiger partial charge >= 0.3 is 5.97 Å². The van der Waals surface area contributed by atoms with Crippen LogP contribution in [0.4, 0.5) is 5.82 Å². The van der Waals surface area contributed by atoms with Gasteiger partial charge in [-0.2, -0.15) is 0 Å². The number of carbonyl (C=O) groups is 2. The average molecular weight is 306 g/mol. The van der Waals surface area contributed by atoms with E-state index < -0.39 is 11.9 Å². The maximum atomic E-state index is 11.4. The van der Waals surface area contributed by atoms with Gasteiger partial charge in [-0.05, 0) is 18.6 Å². The van der Waals surface area contributed by atoms with Crippen LogP contribution in [0.5, 0.6) is 0 Å². The summed E-state index contributed by atoms with van der Waals surface area (Å²) in [5.74, 6) is -1.15. The van der Waals surface area contributed by atoms with Gasteiger partial charge in [-0.25, -0.2) is 14.8 Å². The van der Waals surface area contributed by atoms with Gasteiger partial charge < -0.3 is 16.2 Å². The zero-order valence-electron chi connectivity index (χ0n) is 11.3. The molecule has 1 amide bonds. The van der Waals surface area contributed by atoms with Crippen LogP contribution in [0, 0.1) is 6.92 Å². The number of amides is 1. The largest absolute Gasteiger partial charge is 0.476 e. The van der Waals surface area contributed by atoms with Crippen LogP contribution < -0.4 is 11.1 Å². The molecule has 0 fully saturated rings. The van der Waals surface area contributed by atoms with Crippen LogP contribution >= 0.6 is 11.3 Å². The van der Waals surface area contributed by atoms with Crippen molar-refractivity contribution < 1.29 is 14.7 Å². The van der Waals surface area contributed by atoms with Gasteiger partial charge in [-0.1, -0.05) is 0 Å². The number of hydrogen-bond acceptors (Lipinski definition) is 6. The minimum absolute atomic E-state index is 0.0431. The molecule has 0 aliphatic rings. The quantitative estimate of drug-likeness (QED) is 0.740. The molecule has 8 heteroatoms. The SMILES string of the molecule is Cc1ccnc(NCCc2nc(C(=O)O)cs2)c1C(N)=O.